The van der Waals surface area contributed by atoms with E-state index in [1.165, 1.54) is 0 Å². The molecule has 3 N–H and O–H groups in total. The van der Waals surface area contributed by atoms with Crippen LogP contribution in [0.2, 0.25) is 0 Å². The molecule has 1 aromatic rings. The van der Waals surface area contributed by atoms with Crippen LogP contribution in [0.3, 0.4) is 0 Å². The SMILES string of the molecule is NCC1(OC2CCc3ccccc3NC2=O)CCCOC1. The van der Waals surface area contributed by atoms with E-state index in [4.69, 9.17) is 15.2 Å². The highest BCUT2D eigenvalue weighted by Gasteiger charge is 2.38. The van der Waals surface area contributed by atoms with Gasteiger partial charge in [-0.2, -0.15) is 0 Å². The summed E-state index contributed by atoms with van der Waals surface area (Å²) in [7, 11) is 0. The van der Waals surface area contributed by atoms with Crippen LogP contribution in [-0.4, -0.2) is 37.4 Å². The topological polar surface area (TPSA) is 73.6 Å². The predicted octanol–water partition coefficient (Wildman–Crippen LogP) is 1.46. The van der Waals surface area contributed by atoms with Gasteiger partial charge < -0.3 is 20.5 Å². The number of nitrogens with one attached hydrogen (secondary N) is 1. The molecule has 2 unspecified atom stereocenters. The van der Waals surface area contributed by atoms with Gasteiger partial charge in [-0.05, 0) is 37.3 Å². The predicted molar refractivity (Wildman–Crippen MR) is 80.1 cm³/mol. The largest absolute Gasteiger partial charge is 0.378 e. The molecule has 114 valence electrons. The smallest absolute Gasteiger partial charge is 0.253 e. The van der Waals surface area contributed by atoms with E-state index in [-0.39, 0.29) is 5.91 Å². The van der Waals surface area contributed by atoms with Crippen LogP contribution in [0.4, 0.5) is 5.69 Å². The van der Waals surface area contributed by atoms with Crippen molar-refractivity contribution < 1.29 is 14.3 Å². The number of nitrogens with two attached hydrogens (primary N) is 1. The Morgan fingerprint density at radius 3 is 3.05 bits per heavy atom. The molecular formula is C16H22N2O3. The Kier molecular flexibility index (Phi) is 4.24. The second kappa shape index (κ2) is 6.13. The van der Waals surface area contributed by atoms with Gasteiger partial charge in [0.2, 0.25) is 0 Å². The number of rotatable bonds is 3. The van der Waals surface area contributed by atoms with Gasteiger partial charge in [0, 0.05) is 18.8 Å². The van der Waals surface area contributed by atoms with Gasteiger partial charge in [0.25, 0.3) is 5.91 Å². The Morgan fingerprint density at radius 2 is 2.29 bits per heavy atom. The van der Waals surface area contributed by atoms with E-state index in [1.807, 2.05) is 24.3 Å². The molecule has 1 fully saturated rings. The normalized spacial score (nSPS) is 29.4. The Balaban J connectivity index is 1.73. The second-order valence-corrected chi connectivity index (χ2v) is 5.83. The molecule has 2 heterocycles. The minimum atomic E-state index is -0.517. The number of carbonyl (C=O) groups excluding carboxylic acids is 1. The van der Waals surface area contributed by atoms with Crippen molar-refractivity contribution in [2.24, 2.45) is 5.73 Å². The lowest BCUT2D eigenvalue weighted by Gasteiger charge is -2.38. The zero-order chi connectivity index (χ0) is 14.7. The molecule has 3 rings (SSSR count). The first-order chi connectivity index (χ1) is 10.2. The van der Waals surface area contributed by atoms with E-state index in [1.54, 1.807) is 0 Å². The van der Waals surface area contributed by atoms with Crippen LogP contribution in [0.25, 0.3) is 0 Å². The van der Waals surface area contributed by atoms with Gasteiger partial charge in [-0.1, -0.05) is 18.2 Å². The van der Waals surface area contributed by atoms with Crippen molar-refractivity contribution in [1.29, 1.82) is 0 Å². The first-order valence-electron chi connectivity index (χ1n) is 7.57. The number of para-hydroxylation sites is 1. The average molecular weight is 290 g/mol. The molecule has 0 aliphatic carbocycles. The van der Waals surface area contributed by atoms with Gasteiger partial charge in [0.15, 0.2) is 0 Å². The van der Waals surface area contributed by atoms with Gasteiger partial charge >= 0.3 is 0 Å². The van der Waals surface area contributed by atoms with E-state index in [9.17, 15) is 4.79 Å². The van der Waals surface area contributed by atoms with Crippen molar-refractivity contribution in [2.75, 3.05) is 25.1 Å². The Bertz CT molecular complexity index is 512. The van der Waals surface area contributed by atoms with Gasteiger partial charge in [0.1, 0.15) is 11.7 Å². The molecular weight excluding hydrogens is 268 g/mol. The van der Waals surface area contributed by atoms with Crippen LogP contribution in [0.5, 0.6) is 0 Å². The minimum Gasteiger partial charge on any atom is -0.378 e. The summed E-state index contributed by atoms with van der Waals surface area (Å²) in [6, 6.07) is 7.89. The summed E-state index contributed by atoms with van der Waals surface area (Å²) in [6.45, 7) is 1.59. The lowest BCUT2D eigenvalue weighted by molar-refractivity contribution is -0.165. The summed E-state index contributed by atoms with van der Waals surface area (Å²) in [5.41, 5.74) is 7.41. The molecule has 2 aliphatic rings. The zero-order valence-electron chi connectivity index (χ0n) is 12.1. The van der Waals surface area contributed by atoms with Gasteiger partial charge in [0.05, 0.1) is 6.61 Å². The maximum absolute atomic E-state index is 12.4. The lowest BCUT2D eigenvalue weighted by Crippen LogP contribution is -2.51. The number of ether oxygens (including phenoxy) is 2. The van der Waals surface area contributed by atoms with E-state index in [2.05, 4.69) is 5.32 Å². The molecule has 1 amide bonds. The second-order valence-electron chi connectivity index (χ2n) is 5.83. The van der Waals surface area contributed by atoms with Crippen molar-refractivity contribution >= 4 is 11.6 Å². The maximum Gasteiger partial charge on any atom is 0.253 e. The Labute approximate surface area is 124 Å². The number of carbonyl (C=O) groups is 1. The number of amides is 1. The molecule has 0 spiro atoms. The molecule has 2 atom stereocenters. The van der Waals surface area contributed by atoms with Crippen LogP contribution in [0, 0.1) is 0 Å². The molecule has 2 aliphatic heterocycles. The lowest BCUT2D eigenvalue weighted by atomic mass is 9.95. The molecule has 5 heteroatoms. The molecule has 1 saturated heterocycles. The monoisotopic (exact) mass is 290 g/mol. The molecule has 0 bridgehead atoms. The fraction of sp³-hybridized carbons (Fsp3) is 0.562. The molecule has 0 radical (unpaired) electrons. The number of benzene rings is 1. The van der Waals surface area contributed by atoms with Crippen LogP contribution >= 0.6 is 0 Å². The van der Waals surface area contributed by atoms with Gasteiger partial charge in [-0.25, -0.2) is 0 Å². The average Bonchev–Trinajstić information content (AvgIpc) is 2.68. The fourth-order valence-electron chi connectivity index (χ4n) is 3.03. The molecule has 1 aromatic carbocycles. The van der Waals surface area contributed by atoms with Gasteiger partial charge in [-0.15, -0.1) is 0 Å². The highest BCUT2D eigenvalue weighted by molar-refractivity contribution is 5.95. The van der Waals surface area contributed by atoms with Crippen molar-refractivity contribution in [2.45, 2.75) is 37.4 Å². The van der Waals surface area contributed by atoms with Crippen molar-refractivity contribution in [3.05, 3.63) is 29.8 Å². The third-order valence-corrected chi connectivity index (χ3v) is 4.29. The fourth-order valence-corrected chi connectivity index (χ4v) is 3.03. The number of hydrogen-bond acceptors (Lipinski definition) is 4. The first kappa shape index (κ1) is 14.5. The van der Waals surface area contributed by atoms with E-state index < -0.39 is 11.7 Å². The van der Waals surface area contributed by atoms with Crippen molar-refractivity contribution in [1.82, 2.24) is 0 Å². The van der Waals surface area contributed by atoms with E-state index in [0.717, 1.165) is 37.1 Å². The van der Waals surface area contributed by atoms with Crippen LogP contribution in [0.1, 0.15) is 24.8 Å². The Hall–Kier alpha value is -1.43. The third kappa shape index (κ3) is 3.10. The zero-order valence-corrected chi connectivity index (χ0v) is 12.1. The minimum absolute atomic E-state index is 0.0849. The molecule has 0 aromatic heterocycles. The highest BCUT2D eigenvalue weighted by Crippen LogP contribution is 2.28. The van der Waals surface area contributed by atoms with E-state index >= 15 is 0 Å². The number of aryl methyl sites for hydroxylation is 1. The molecule has 5 nitrogen and oxygen atoms in total. The van der Waals surface area contributed by atoms with Crippen LogP contribution in [-0.2, 0) is 20.7 Å². The van der Waals surface area contributed by atoms with Crippen molar-refractivity contribution in [3.63, 3.8) is 0 Å². The quantitative estimate of drug-likeness (QED) is 0.884. The number of hydrogen-bond donors (Lipinski definition) is 2. The summed E-state index contributed by atoms with van der Waals surface area (Å²) in [5.74, 6) is -0.0849. The maximum atomic E-state index is 12.4. The summed E-state index contributed by atoms with van der Waals surface area (Å²) in [6.07, 6.45) is 2.79. The summed E-state index contributed by atoms with van der Waals surface area (Å²) < 4.78 is 11.6. The van der Waals surface area contributed by atoms with Crippen LogP contribution < -0.4 is 11.1 Å². The highest BCUT2D eigenvalue weighted by atomic mass is 16.6. The number of anilines is 1. The van der Waals surface area contributed by atoms with Gasteiger partial charge in [-0.3, -0.25) is 4.79 Å². The molecule has 21 heavy (non-hydrogen) atoms. The first-order valence-corrected chi connectivity index (χ1v) is 7.57. The number of fused-ring (bicyclic) bond motifs is 1. The van der Waals surface area contributed by atoms with Crippen LogP contribution in [0.15, 0.2) is 24.3 Å². The van der Waals surface area contributed by atoms with E-state index in [0.29, 0.717) is 19.6 Å². The standard InChI is InChI=1S/C16H22N2O3/c17-10-16(8-3-9-20-11-16)21-14-7-6-12-4-1-2-5-13(12)18-15(14)19/h1-2,4-5,14H,3,6-11,17H2,(H,18,19). The Morgan fingerprint density at radius 1 is 1.43 bits per heavy atom. The third-order valence-electron chi connectivity index (χ3n) is 4.29. The summed E-state index contributed by atoms with van der Waals surface area (Å²) in [4.78, 5) is 12.4. The van der Waals surface area contributed by atoms with Crippen molar-refractivity contribution in [3.8, 4) is 0 Å². The molecule has 0 saturated carbocycles. The summed E-state index contributed by atoms with van der Waals surface area (Å²) in [5, 5.41) is 2.96. The summed E-state index contributed by atoms with van der Waals surface area (Å²) >= 11 is 0.